The van der Waals surface area contributed by atoms with Crippen LogP contribution in [0.3, 0.4) is 0 Å². The summed E-state index contributed by atoms with van der Waals surface area (Å²) in [5.41, 5.74) is 3.58. The molecule has 4 heteroatoms. The van der Waals surface area contributed by atoms with Gasteiger partial charge in [0.25, 0.3) is 0 Å². The number of hydrogen-bond acceptors (Lipinski definition) is 2. The number of fused-ring (bicyclic) bond motifs is 1. The normalized spacial score (nSPS) is 21.5. The Morgan fingerprint density at radius 3 is 2.83 bits per heavy atom. The second kappa shape index (κ2) is 7.18. The second-order valence-electron chi connectivity index (χ2n) is 6.83. The van der Waals surface area contributed by atoms with Crippen LogP contribution in [0.4, 0.5) is 0 Å². The summed E-state index contributed by atoms with van der Waals surface area (Å²) in [7, 11) is 0. The fourth-order valence-electron chi connectivity index (χ4n) is 3.54. The highest BCUT2D eigenvalue weighted by Gasteiger charge is 2.21. The van der Waals surface area contributed by atoms with Crippen LogP contribution in [0.2, 0.25) is 0 Å². The largest absolute Gasteiger partial charge is 0.396 e. The summed E-state index contributed by atoms with van der Waals surface area (Å²) in [6, 6.07) is 6.65. The fourth-order valence-corrected chi connectivity index (χ4v) is 3.54. The number of rotatable bonds is 5. The van der Waals surface area contributed by atoms with Crippen molar-refractivity contribution in [3.8, 4) is 0 Å². The van der Waals surface area contributed by atoms with Crippen LogP contribution in [0, 0.1) is 12.8 Å². The molecule has 23 heavy (non-hydrogen) atoms. The lowest BCUT2D eigenvalue weighted by atomic mass is 9.86. The van der Waals surface area contributed by atoms with Gasteiger partial charge in [0.15, 0.2) is 0 Å². The fraction of sp³-hybridized carbons (Fsp3) is 0.526. The summed E-state index contributed by atoms with van der Waals surface area (Å²) < 4.78 is 0. The predicted molar refractivity (Wildman–Crippen MR) is 92.3 cm³/mol. The van der Waals surface area contributed by atoms with Gasteiger partial charge in [0, 0.05) is 36.2 Å². The topological polar surface area (TPSA) is 65.1 Å². The van der Waals surface area contributed by atoms with Crippen LogP contribution in [-0.2, 0) is 11.2 Å². The van der Waals surface area contributed by atoms with Gasteiger partial charge >= 0.3 is 0 Å². The molecule has 0 radical (unpaired) electrons. The molecule has 1 aliphatic carbocycles. The van der Waals surface area contributed by atoms with Crippen molar-refractivity contribution in [1.29, 1.82) is 0 Å². The van der Waals surface area contributed by atoms with E-state index in [2.05, 4.69) is 35.4 Å². The first-order valence-electron chi connectivity index (χ1n) is 8.62. The summed E-state index contributed by atoms with van der Waals surface area (Å²) in [6.07, 6.45) is 7.32. The zero-order valence-corrected chi connectivity index (χ0v) is 13.8. The van der Waals surface area contributed by atoms with Crippen LogP contribution in [0.1, 0.15) is 43.2 Å². The Balaban J connectivity index is 1.51. The molecule has 0 spiro atoms. The molecule has 0 atom stereocenters. The maximum absolute atomic E-state index is 12.2. The smallest absolute Gasteiger partial charge is 0.220 e. The van der Waals surface area contributed by atoms with Crippen molar-refractivity contribution in [3.63, 3.8) is 0 Å². The molecule has 124 valence electrons. The SMILES string of the molecule is Cc1ccc2[nH]cc(CCC(=O)NC3CCC(CO)CC3)c2c1. The van der Waals surface area contributed by atoms with Gasteiger partial charge in [-0.2, -0.15) is 0 Å². The van der Waals surface area contributed by atoms with E-state index < -0.39 is 0 Å². The third-order valence-corrected chi connectivity index (χ3v) is 5.01. The summed E-state index contributed by atoms with van der Waals surface area (Å²) in [6.45, 7) is 2.37. The molecule has 0 aliphatic heterocycles. The molecule has 1 amide bonds. The minimum atomic E-state index is 0.138. The van der Waals surface area contributed by atoms with Crippen LogP contribution < -0.4 is 5.32 Å². The van der Waals surface area contributed by atoms with Crippen LogP contribution in [0.15, 0.2) is 24.4 Å². The number of benzene rings is 1. The van der Waals surface area contributed by atoms with Crippen molar-refractivity contribution in [3.05, 3.63) is 35.5 Å². The molecule has 1 saturated carbocycles. The molecular weight excluding hydrogens is 288 g/mol. The number of aryl methyl sites for hydroxylation is 2. The van der Waals surface area contributed by atoms with Gasteiger partial charge in [0.2, 0.25) is 5.91 Å². The lowest BCUT2D eigenvalue weighted by molar-refractivity contribution is -0.122. The third-order valence-electron chi connectivity index (χ3n) is 5.01. The lowest BCUT2D eigenvalue weighted by Crippen LogP contribution is -2.38. The van der Waals surface area contributed by atoms with E-state index in [1.807, 2.05) is 6.20 Å². The Kier molecular flexibility index (Phi) is 5.01. The summed E-state index contributed by atoms with van der Waals surface area (Å²) in [5, 5.41) is 13.5. The van der Waals surface area contributed by atoms with Crippen molar-refractivity contribution in [2.75, 3.05) is 6.61 Å². The van der Waals surface area contributed by atoms with Crippen molar-refractivity contribution in [2.24, 2.45) is 5.92 Å². The number of H-pyrrole nitrogens is 1. The maximum Gasteiger partial charge on any atom is 0.220 e. The van der Waals surface area contributed by atoms with Gasteiger partial charge in [0.1, 0.15) is 0 Å². The van der Waals surface area contributed by atoms with Gasteiger partial charge < -0.3 is 15.4 Å². The van der Waals surface area contributed by atoms with E-state index in [-0.39, 0.29) is 18.6 Å². The Bertz CT molecular complexity index is 669. The van der Waals surface area contributed by atoms with Gasteiger partial charge in [-0.05, 0) is 62.6 Å². The van der Waals surface area contributed by atoms with Crippen LogP contribution in [0.25, 0.3) is 10.9 Å². The zero-order chi connectivity index (χ0) is 16.2. The Labute approximate surface area is 137 Å². The average Bonchev–Trinajstić information content (AvgIpc) is 2.96. The van der Waals surface area contributed by atoms with E-state index in [9.17, 15) is 4.79 Å². The summed E-state index contributed by atoms with van der Waals surface area (Å²) in [4.78, 5) is 15.5. The van der Waals surface area contributed by atoms with Gasteiger partial charge in [-0.3, -0.25) is 4.79 Å². The van der Waals surface area contributed by atoms with E-state index in [4.69, 9.17) is 5.11 Å². The molecule has 3 N–H and O–H groups in total. The first kappa shape index (κ1) is 16.1. The minimum Gasteiger partial charge on any atom is -0.396 e. The van der Waals surface area contributed by atoms with Crippen molar-refractivity contribution in [1.82, 2.24) is 10.3 Å². The first-order valence-corrected chi connectivity index (χ1v) is 8.62. The molecule has 3 rings (SSSR count). The lowest BCUT2D eigenvalue weighted by Gasteiger charge is -2.27. The van der Waals surface area contributed by atoms with Crippen molar-refractivity contribution in [2.45, 2.75) is 51.5 Å². The van der Waals surface area contributed by atoms with Gasteiger partial charge in [-0.1, -0.05) is 11.6 Å². The molecule has 0 bridgehead atoms. The van der Waals surface area contributed by atoms with E-state index in [1.54, 1.807) is 0 Å². The molecule has 1 aliphatic rings. The number of aliphatic hydroxyl groups excluding tert-OH is 1. The van der Waals surface area contributed by atoms with E-state index in [0.29, 0.717) is 12.3 Å². The molecule has 4 nitrogen and oxygen atoms in total. The van der Waals surface area contributed by atoms with E-state index >= 15 is 0 Å². The maximum atomic E-state index is 12.2. The number of hydrogen-bond donors (Lipinski definition) is 3. The van der Waals surface area contributed by atoms with E-state index in [0.717, 1.165) is 37.6 Å². The number of aromatic amines is 1. The molecule has 1 aromatic heterocycles. The highest BCUT2D eigenvalue weighted by Crippen LogP contribution is 2.24. The second-order valence-corrected chi connectivity index (χ2v) is 6.83. The van der Waals surface area contributed by atoms with Crippen molar-refractivity contribution >= 4 is 16.8 Å². The standard InChI is InChI=1S/C19H26N2O2/c1-13-2-8-18-17(10-13)15(11-20-18)5-9-19(23)21-16-6-3-14(12-22)4-7-16/h2,8,10-11,14,16,20,22H,3-7,9,12H2,1H3,(H,21,23). The number of aromatic nitrogens is 1. The summed E-state index contributed by atoms with van der Waals surface area (Å²) in [5.74, 6) is 0.567. The average molecular weight is 314 g/mol. The molecule has 0 unspecified atom stereocenters. The van der Waals surface area contributed by atoms with Gasteiger partial charge in [-0.25, -0.2) is 0 Å². The monoisotopic (exact) mass is 314 g/mol. The van der Waals surface area contributed by atoms with Crippen LogP contribution in [0.5, 0.6) is 0 Å². The van der Waals surface area contributed by atoms with E-state index in [1.165, 1.54) is 16.5 Å². The number of nitrogens with one attached hydrogen (secondary N) is 2. The predicted octanol–water partition coefficient (Wildman–Crippen LogP) is 3.08. The number of carbonyl (C=O) groups is 1. The molecule has 0 saturated heterocycles. The first-order chi connectivity index (χ1) is 11.2. The van der Waals surface area contributed by atoms with Gasteiger partial charge in [-0.15, -0.1) is 0 Å². The quantitative estimate of drug-likeness (QED) is 0.794. The van der Waals surface area contributed by atoms with Gasteiger partial charge in [0.05, 0.1) is 0 Å². The van der Waals surface area contributed by atoms with Crippen molar-refractivity contribution < 1.29 is 9.90 Å². The molecule has 2 aromatic rings. The Hall–Kier alpha value is -1.81. The summed E-state index contributed by atoms with van der Waals surface area (Å²) >= 11 is 0. The zero-order valence-electron chi connectivity index (χ0n) is 13.8. The minimum absolute atomic E-state index is 0.138. The van der Waals surface area contributed by atoms with Crippen LogP contribution in [-0.4, -0.2) is 28.6 Å². The number of amides is 1. The van der Waals surface area contributed by atoms with Crippen LogP contribution >= 0.6 is 0 Å². The molecule has 1 heterocycles. The highest BCUT2D eigenvalue weighted by molar-refractivity contribution is 5.85. The molecule has 1 fully saturated rings. The highest BCUT2D eigenvalue weighted by atomic mass is 16.3. The Morgan fingerprint density at radius 1 is 1.30 bits per heavy atom. The number of aliphatic hydroxyl groups is 1. The molecule has 1 aromatic carbocycles. The third kappa shape index (κ3) is 3.94. The molecular formula is C19H26N2O2. The Morgan fingerprint density at radius 2 is 2.09 bits per heavy atom. The number of carbonyl (C=O) groups excluding carboxylic acids is 1.